The highest BCUT2D eigenvalue weighted by Crippen LogP contribution is 2.55. The van der Waals surface area contributed by atoms with E-state index in [4.69, 9.17) is 9.57 Å². The molecule has 6 rings (SSSR count). The number of nitrogens with zero attached hydrogens (tertiary/aromatic N) is 3. The predicted molar refractivity (Wildman–Crippen MR) is 144 cm³/mol. The Labute approximate surface area is 219 Å². The van der Waals surface area contributed by atoms with E-state index in [1.54, 1.807) is 29.2 Å². The van der Waals surface area contributed by atoms with Crippen LogP contribution in [0.5, 0.6) is 0 Å². The Morgan fingerprint density at radius 3 is 2.65 bits per heavy atom. The molecule has 0 radical (unpaired) electrons. The molecule has 192 valence electrons. The first kappa shape index (κ1) is 24.0. The lowest BCUT2D eigenvalue weighted by Crippen LogP contribution is -2.40. The van der Waals surface area contributed by atoms with Gasteiger partial charge in [0.1, 0.15) is 16.1 Å². The molecular weight excluding hydrogens is 488 g/mol. The zero-order chi connectivity index (χ0) is 25.9. The Morgan fingerprint density at radius 1 is 1.24 bits per heavy atom. The lowest BCUT2D eigenvalue weighted by Gasteiger charge is -2.35. The molecule has 1 N–H and O–H groups in total. The zero-order valence-electron chi connectivity index (χ0n) is 21.4. The van der Waals surface area contributed by atoms with Crippen LogP contribution in [0, 0.1) is 5.92 Å². The number of ether oxygens (including phenoxy) is 1. The van der Waals surface area contributed by atoms with Gasteiger partial charge in [-0.15, -0.1) is 11.3 Å². The van der Waals surface area contributed by atoms with Crippen molar-refractivity contribution in [3.63, 3.8) is 0 Å². The first-order valence-corrected chi connectivity index (χ1v) is 13.4. The maximum Gasteiger partial charge on any atom is 0.332 e. The number of thiophene rings is 1. The minimum atomic E-state index is -0.611. The number of hydrogen-bond donors (Lipinski definition) is 1. The molecule has 3 aromatic rings. The topological polar surface area (TPSA) is 85.2 Å². The number of amidine groups is 1. The van der Waals surface area contributed by atoms with E-state index in [-0.39, 0.29) is 23.3 Å². The van der Waals surface area contributed by atoms with Gasteiger partial charge in [-0.2, -0.15) is 4.99 Å². The number of benzene rings is 1. The molecule has 1 aliphatic carbocycles. The van der Waals surface area contributed by atoms with Gasteiger partial charge in [-0.3, -0.25) is 4.79 Å². The third-order valence-electron chi connectivity index (χ3n) is 7.89. The summed E-state index contributed by atoms with van der Waals surface area (Å²) in [5.41, 5.74) is 3.48. The van der Waals surface area contributed by atoms with Crippen LogP contribution in [0.2, 0.25) is 0 Å². The summed E-state index contributed by atoms with van der Waals surface area (Å²) in [4.78, 5) is 38.8. The summed E-state index contributed by atoms with van der Waals surface area (Å²) in [6, 6.07) is 13.9. The van der Waals surface area contributed by atoms with Crippen LogP contribution in [-0.2, 0) is 19.9 Å². The van der Waals surface area contributed by atoms with Gasteiger partial charge in [0.15, 0.2) is 11.8 Å². The highest BCUT2D eigenvalue weighted by Gasteiger charge is 2.60. The number of para-hydroxylation sites is 1. The lowest BCUT2D eigenvalue weighted by atomic mass is 9.87. The SMILES string of the molecule is C[C@H]1C[C@]1(C1=NC(=C=O)ON1)n1c(C(=O)N(C)c2ccccc2)cc2cc([C@H]3CCOC(C)(C)C3)sc21. The molecule has 4 heterocycles. The number of nitrogens with one attached hydrogen (secondary N) is 1. The van der Waals surface area contributed by atoms with Crippen LogP contribution in [0.15, 0.2) is 53.3 Å². The van der Waals surface area contributed by atoms with Crippen LogP contribution in [0.25, 0.3) is 10.2 Å². The van der Waals surface area contributed by atoms with Gasteiger partial charge in [0.2, 0.25) is 0 Å². The van der Waals surface area contributed by atoms with Gasteiger partial charge < -0.3 is 19.0 Å². The van der Waals surface area contributed by atoms with Gasteiger partial charge in [-0.25, -0.2) is 10.3 Å². The number of aliphatic imine (C=N–C) groups is 1. The van der Waals surface area contributed by atoms with Gasteiger partial charge in [-0.05, 0) is 69.2 Å². The number of anilines is 1. The van der Waals surface area contributed by atoms with Crippen molar-refractivity contribution in [1.82, 2.24) is 10.0 Å². The summed E-state index contributed by atoms with van der Waals surface area (Å²) >= 11 is 1.74. The lowest BCUT2D eigenvalue weighted by molar-refractivity contribution is -0.0588. The number of amides is 1. The first-order valence-electron chi connectivity index (χ1n) is 12.6. The van der Waals surface area contributed by atoms with Crippen LogP contribution in [0.4, 0.5) is 5.69 Å². The van der Waals surface area contributed by atoms with Gasteiger partial charge in [0.05, 0.1) is 5.60 Å². The molecule has 37 heavy (non-hydrogen) atoms. The number of hydroxylamine groups is 1. The van der Waals surface area contributed by atoms with Crippen LogP contribution in [0.1, 0.15) is 61.3 Å². The molecule has 0 bridgehead atoms. The Hall–Kier alpha value is -3.39. The summed E-state index contributed by atoms with van der Waals surface area (Å²) < 4.78 is 8.09. The normalized spacial score (nSPS) is 26.3. The first-order chi connectivity index (χ1) is 17.7. The maximum atomic E-state index is 14.0. The minimum absolute atomic E-state index is 0.104. The van der Waals surface area contributed by atoms with E-state index in [9.17, 15) is 9.59 Å². The number of carbonyl (C=O) groups is 1. The molecule has 3 atom stereocenters. The van der Waals surface area contributed by atoms with Gasteiger partial charge in [0, 0.05) is 29.6 Å². The second-order valence-corrected chi connectivity index (χ2v) is 11.9. The highest BCUT2D eigenvalue weighted by atomic mass is 32.1. The number of fused-ring (bicyclic) bond motifs is 1. The van der Waals surface area contributed by atoms with Crippen molar-refractivity contribution in [2.45, 2.75) is 57.1 Å². The molecule has 2 aromatic heterocycles. The van der Waals surface area contributed by atoms with E-state index in [1.165, 1.54) is 4.88 Å². The fourth-order valence-electron chi connectivity index (χ4n) is 5.81. The molecule has 0 unspecified atom stereocenters. The van der Waals surface area contributed by atoms with E-state index in [0.717, 1.165) is 41.8 Å². The molecule has 1 amide bonds. The molecule has 3 aliphatic rings. The smallest absolute Gasteiger partial charge is 0.332 e. The fraction of sp³-hybridized carbons (Fsp3) is 0.429. The van der Waals surface area contributed by atoms with E-state index < -0.39 is 5.54 Å². The van der Waals surface area contributed by atoms with Crippen molar-refractivity contribution in [2.75, 3.05) is 18.6 Å². The monoisotopic (exact) mass is 518 g/mol. The second kappa shape index (κ2) is 8.58. The average Bonchev–Trinajstić information content (AvgIpc) is 3.28. The molecule has 1 saturated carbocycles. The van der Waals surface area contributed by atoms with Crippen molar-refractivity contribution in [3.8, 4) is 0 Å². The van der Waals surface area contributed by atoms with E-state index in [1.807, 2.05) is 36.4 Å². The summed E-state index contributed by atoms with van der Waals surface area (Å²) in [5.74, 6) is 2.62. The van der Waals surface area contributed by atoms with Crippen LogP contribution >= 0.6 is 11.3 Å². The fourth-order valence-corrected chi connectivity index (χ4v) is 7.18. The third-order valence-corrected chi connectivity index (χ3v) is 9.19. The minimum Gasteiger partial charge on any atom is -0.376 e. The van der Waals surface area contributed by atoms with Crippen molar-refractivity contribution in [3.05, 3.63) is 58.9 Å². The van der Waals surface area contributed by atoms with Crippen LogP contribution in [0.3, 0.4) is 0 Å². The van der Waals surface area contributed by atoms with Gasteiger partial charge in [-0.1, -0.05) is 25.1 Å². The molecule has 1 saturated heterocycles. The van der Waals surface area contributed by atoms with Crippen molar-refractivity contribution < 1.29 is 19.2 Å². The number of hydrogen-bond acceptors (Lipinski definition) is 7. The quantitative estimate of drug-likeness (QED) is 0.481. The maximum absolute atomic E-state index is 14.0. The average molecular weight is 519 g/mol. The zero-order valence-corrected chi connectivity index (χ0v) is 22.2. The van der Waals surface area contributed by atoms with Gasteiger partial charge in [0.25, 0.3) is 5.91 Å². The Balaban J connectivity index is 1.49. The third kappa shape index (κ3) is 3.89. The molecule has 0 spiro atoms. The van der Waals surface area contributed by atoms with E-state index in [2.05, 4.69) is 41.9 Å². The Bertz CT molecular complexity index is 1470. The van der Waals surface area contributed by atoms with Crippen LogP contribution in [-0.4, -0.2) is 41.5 Å². The molecule has 2 aliphatic heterocycles. The van der Waals surface area contributed by atoms with Crippen LogP contribution < -0.4 is 10.4 Å². The molecule has 9 heteroatoms. The standard InChI is InChI=1S/C28H30N4O4S/c1-17-14-28(17,26-29-23(16-33)36-30-26)32-21(24(34)31(4)20-8-6-5-7-9-20)12-19-13-22(37-25(19)32)18-10-11-35-27(2,3)15-18/h5-9,12-13,17-18H,10-11,14-15H2,1-4H3,(H,29,30)/t17-,18-,28-/m0/s1. The number of carbonyl (C=O) groups excluding carboxylic acids is 2. The van der Waals surface area contributed by atoms with Crippen molar-refractivity contribution >= 4 is 44.9 Å². The summed E-state index contributed by atoms with van der Waals surface area (Å²) in [5, 5.41) is 1.04. The number of aromatic nitrogens is 1. The van der Waals surface area contributed by atoms with E-state index >= 15 is 0 Å². The molecule has 2 fully saturated rings. The van der Waals surface area contributed by atoms with Crippen molar-refractivity contribution in [2.24, 2.45) is 10.9 Å². The largest absolute Gasteiger partial charge is 0.376 e. The Morgan fingerprint density at radius 2 is 2.00 bits per heavy atom. The Kier molecular flexibility index (Phi) is 5.56. The summed E-state index contributed by atoms with van der Waals surface area (Å²) in [7, 11) is 1.79. The summed E-state index contributed by atoms with van der Waals surface area (Å²) in [6.45, 7) is 7.16. The number of rotatable bonds is 5. The molecular formula is C28H30N4O4S. The molecule has 1 aromatic carbocycles. The second-order valence-electron chi connectivity index (χ2n) is 10.9. The highest BCUT2D eigenvalue weighted by molar-refractivity contribution is 7.18. The van der Waals surface area contributed by atoms with E-state index in [0.29, 0.717) is 17.4 Å². The van der Waals surface area contributed by atoms with Crippen molar-refractivity contribution in [1.29, 1.82) is 0 Å². The predicted octanol–water partition coefficient (Wildman–Crippen LogP) is 4.99. The van der Waals surface area contributed by atoms with Gasteiger partial charge >= 0.3 is 5.88 Å². The molecule has 8 nitrogen and oxygen atoms in total. The summed E-state index contributed by atoms with van der Waals surface area (Å²) in [6.07, 6.45) is 2.70.